The van der Waals surface area contributed by atoms with Crippen molar-refractivity contribution in [2.24, 2.45) is 0 Å². The maximum atomic E-state index is 12.8. The number of carbonyl (C=O) groups excluding carboxylic acids is 2. The third-order valence-electron chi connectivity index (χ3n) is 8.57. The molecule has 0 spiro atoms. The predicted octanol–water partition coefficient (Wildman–Crippen LogP) is 7.33. The molecular formula is C41H42N6O4S2. The Morgan fingerprint density at radius 2 is 1.55 bits per heavy atom. The molecule has 0 saturated heterocycles. The quantitative estimate of drug-likeness (QED) is 0.0308. The minimum absolute atomic E-state index is 0.235. The molecule has 0 radical (unpaired) electrons. The number of carbonyl (C=O) groups is 2. The molecule has 0 bridgehead atoms. The third-order valence-corrected chi connectivity index (χ3v) is 10.8. The summed E-state index contributed by atoms with van der Waals surface area (Å²) in [5.74, 6) is -0.774. The summed E-state index contributed by atoms with van der Waals surface area (Å²) in [5, 5.41) is 15.8. The van der Waals surface area contributed by atoms with Gasteiger partial charge in [0, 0.05) is 59.6 Å². The predicted molar refractivity (Wildman–Crippen MR) is 212 cm³/mol. The fraction of sp³-hybridized carbons (Fsp3) is 0.195. The normalized spacial score (nSPS) is 11.3. The van der Waals surface area contributed by atoms with Crippen molar-refractivity contribution in [3.63, 3.8) is 0 Å². The largest absolute Gasteiger partial charge is 0.364 e. The van der Waals surface area contributed by atoms with E-state index in [2.05, 4.69) is 56.4 Å². The number of H-pyrrole nitrogens is 1. The average Bonchev–Trinajstić information content (AvgIpc) is 3.97. The number of rotatable bonds is 18. The van der Waals surface area contributed by atoms with Gasteiger partial charge in [0.15, 0.2) is 0 Å². The monoisotopic (exact) mass is 746 g/mol. The maximum Gasteiger partial charge on any atom is 0.284 e. The van der Waals surface area contributed by atoms with E-state index in [9.17, 15) is 9.59 Å². The standard InChI is InChI=1S/C41H42N6O4S2/c1-28-35(33(27-45-28)18-21-42-25-29-10-12-31(13-11-29)36-14-16-38(52-36)40(48)46-50)9-5-23-51-47-41(49)39-17-15-37(53-39)32-7-4-6-30(24-32)26-43-22-19-34-8-2-3-20-44-34/h2-17,20,24,27,42-43,45,50H,18-19,21-23,25-26H2,1H3,(H,46,48)(H,47,49)/b9-5-. The van der Waals surface area contributed by atoms with Crippen LogP contribution in [0.25, 0.3) is 27.0 Å². The molecule has 12 heteroatoms. The number of amides is 2. The van der Waals surface area contributed by atoms with Crippen molar-refractivity contribution < 1.29 is 19.6 Å². The zero-order valence-electron chi connectivity index (χ0n) is 29.4. The summed E-state index contributed by atoms with van der Waals surface area (Å²) in [6.45, 7) is 5.41. The first-order valence-corrected chi connectivity index (χ1v) is 19.0. The summed E-state index contributed by atoms with van der Waals surface area (Å²) in [4.78, 5) is 40.7. The highest BCUT2D eigenvalue weighted by Crippen LogP contribution is 2.30. The number of thiophene rings is 2. The first-order valence-electron chi connectivity index (χ1n) is 17.4. The van der Waals surface area contributed by atoms with Crippen molar-refractivity contribution in [3.8, 4) is 20.9 Å². The third kappa shape index (κ3) is 10.7. The topological polar surface area (TPSA) is 140 Å². The molecule has 0 atom stereocenters. The zero-order chi connectivity index (χ0) is 36.8. The summed E-state index contributed by atoms with van der Waals surface area (Å²) in [7, 11) is 0. The molecule has 0 aliphatic rings. The average molecular weight is 747 g/mol. The van der Waals surface area contributed by atoms with E-state index in [-0.39, 0.29) is 12.5 Å². The summed E-state index contributed by atoms with van der Waals surface area (Å²) in [6.07, 6.45) is 9.50. The number of nitrogens with zero attached hydrogens (tertiary/aromatic N) is 1. The van der Waals surface area contributed by atoms with Gasteiger partial charge in [-0.3, -0.25) is 24.6 Å². The molecule has 4 aromatic heterocycles. The highest BCUT2D eigenvalue weighted by molar-refractivity contribution is 7.17. The number of aryl methyl sites for hydroxylation is 1. The van der Waals surface area contributed by atoms with Gasteiger partial charge < -0.3 is 15.6 Å². The fourth-order valence-corrected chi connectivity index (χ4v) is 7.55. The summed E-state index contributed by atoms with van der Waals surface area (Å²) >= 11 is 2.77. The van der Waals surface area contributed by atoms with Crippen LogP contribution in [0.15, 0.2) is 109 Å². The SMILES string of the molecule is Cc1[nH]cc(CCNCc2ccc(-c3ccc(C(=O)NO)s3)cc2)c1/C=C\CONC(=O)c1ccc(-c2cccc(CNCCc3ccccn3)c2)s1. The highest BCUT2D eigenvalue weighted by atomic mass is 32.1. The van der Waals surface area contributed by atoms with Crippen molar-refractivity contribution in [3.05, 3.63) is 153 Å². The molecule has 2 amide bonds. The van der Waals surface area contributed by atoms with Gasteiger partial charge in [0.25, 0.3) is 11.8 Å². The minimum atomic E-state index is -0.504. The maximum absolute atomic E-state index is 12.8. The van der Waals surface area contributed by atoms with Crippen LogP contribution in [-0.2, 0) is 30.8 Å². The lowest BCUT2D eigenvalue weighted by molar-refractivity contribution is 0.0426. The summed E-state index contributed by atoms with van der Waals surface area (Å²) in [5.41, 5.74) is 13.1. The Morgan fingerprint density at radius 1 is 0.811 bits per heavy atom. The molecule has 0 saturated carbocycles. The molecule has 0 fully saturated rings. The highest BCUT2D eigenvalue weighted by Gasteiger charge is 2.12. The fourth-order valence-electron chi connectivity index (χ4n) is 5.76. The molecule has 4 heterocycles. The molecule has 10 nitrogen and oxygen atoms in total. The van der Waals surface area contributed by atoms with Gasteiger partial charge >= 0.3 is 0 Å². The molecule has 2 aromatic carbocycles. The van der Waals surface area contributed by atoms with Crippen LogP contribution in [-0.4, -0.2) is 46.7 Å². The Bertz CT molecular complexity index is 2120. The van der Waals surface area contributed by atoms with Crippen molar-refractivity contribution in [1.29, 1.82) is 0 Å². The second-order valence-corrected chi connectivity index (χ2v) is 14.5. The van der Waals surface area contributed by atoms with Gasteiger partial charge in [0.2, 0.25) is 0 Å². The van der Waals surface area contributed by atoms with Gasteiger partial charge in [-0.2, -0.15) is 0 Å². The number of nitrogens with one attached hydrogen (secondary N) is 5. The van der Waals surface area contributed by atoms with Gasteiger partial charge in [0.05, 0.1) is 16.4 Å². The van der Waals surface area contributed by atoms with Crippen LogP contribution in [0.2, 0.25) is 0 Å². The van der Waals surface area contributed by atoms with E-state index in [1.165, 1.54) is 33.8 Å². The van der Waals surface area contributed by atoms with Crippen molar-refractivity contribution in [2.75, 3.05) is 19.7 Å². The number of benzene rings is 2. The Labute approximate surface area is 316 Å². The van der Waals surface area contributed by atoms with Gasteiger partial charge in [0.1, 0.15) is 0 Å². The second kappa shape index (κ2) is 19.0. The van der Waals surface area contributed by atoms with Gasteiger partial charge in [-0.05, 0) is 95.7 Å². The van der Waals surface area contributed by atoms with Crippen LogP contribution in [0.4, 0.5) is 0 Å². The number of hydroxylamine groups is 2. The lowest BCUT2D eigenvalue weighted by Crippen LogP contribution is -2.22. The van der Waals surface area contributed by atoms with E-state index in [0.29, 0.717) is 9.75 Å². The van der Waals surface area contributed by atoms with Gasteiger partial charge in [-0.1, -0.05) is 60.7 Å². The number of aromatic nitrogens is 2. The molecule has 0 aliphatic heterocycles. The van der Waals surface area contributed by atoms with Crippen LogP contribution in [0.3, 0.4) is 0 Å². The van der Waals surface area contributed by atoms with Gasteiger partial charge in [-0.25, -0.2) is 11.0 Å². The number of aromatic amines is 1. The van der Waals surface area contributed by atoms with E-state index < -0.39 is 5.91 Å². The van der Waals surface area contributed by atoms with E-state index >= 15 is 0 Å². The molecule has 272 valence electrons. The van der Waals surface area contributed by atoms with Crippen LogP contribution in [0, 0.1) is 6.92 Å². The summed E-state index contributed by atoms with van der Waals surface area (Å²) < 4.78 is 0. The van der Waals surface area contributed by atoms with Crippen LogP contribution in [0.5, 0.6) is 0 Å². The molecular weight excluding hydrogens is 705 g/mol. The van der Waals surface area contributed by atoms with Crippen molar-refractivity contribution in [2.45, 2.75) is 32.9 Å². The lowest BCUT2D eigenvalue weighted by Gasteiger charge is -2.07. The molecule has 0 aliphatic carbocycles. The number of hydrogen-bond acceptors (Lipinski definition) is 9. The summed E-state index contributed by atoms with van der Waals surface area (Å²) in [6, 6.07) is 29.9. The second-order valence-electron chi connectivity index (χ2n) is 12.3. The molecule has 6 N–H and O–H groups in total. The van der Waals surface area contributed by atoms with Crippen LogP contribution >= 0.6 is 22.7 Å². The van der Waals surface area contributed by atoms with E-state index in [1.54, 1.807) is 11.5 Å². The molecule has 6 rings (SSSR count). The molecule has 0 unspecified atom stereocenters. The lowest BCUT2D eigenvalue weighted by atomic mass is 10.1. The van der Waals surface area contributed by atoms with Crippen molar-refractivity contribution in [1.82, 2.24) is 31.6 Å². The first kappa shape index (κ1) is 37.5. The number of hydrogen-bond donors (Lipinski definition) is 6. The Balaban J connectivity index is 0.905. The molecule has 6 aromatic rings. The van der Waals surface area contributed by atoms with E-state index in [0.717, 1.165) is 82.4 Å². The Hall–Kier alpha value is -5.21. The Kier molecular flexibility index (Phi) is 13.5. The minimum Gasteiger partial charge on any atom is -0.364 e. The first-order chi connectivity index (χ1) is 26.0. The van der Waals surface area contributed by atoms with Crippen LogP contribution in [0.1, 0.15) is 53.0 Å². The molecule has 53 heavy (non-hydrogen) atoms. The zero-order valence-corrected chi connectivity index (χ0v) is 31.0. The van der Waals surface area contributed by atoms with E-state index in [1.807, 2.05) is 86.1 Å². The van der Waals surface area contributed by atoms with E-state index in [4.69, 9.17) is 10.0 Å². The van der Waals surface area contributed by atoms with Gasteiger partial charge in [-0.15, -0.1) is 22.7 Å². The number of pyridine rings is 1. The van der Waals surface area contributed by atoms with Crippen LogP contribution < -0.4 is 21.6 Å². The van der Waals surface area contributed by atoms with Crippen molar-refractivity contribution >= 4 is 40.6 Å². The Morgan fingerprint density at radius 3 is 2.30 bits per heavy atom. The smallest absolute Gasteiger partial charge is 0.284 e.